The average molecular weight is 374 g/mol. The molecule has 1 atom stereocenters. The molecule has 0 saturated carbocycles. The largest absolute Gasteiger partial charge is 0.485 e. The lowest BCUT2D eigenvalue weighted by molar-refractivity contribution is -0.125. The maximum atomic E-state index is 12.5. The summed E-state index contributed by atoms with van der Waals surface area (Å²) in [4.78, 5) is 24.8. The number of ether oxygens (including phenoxy) is 2. The summed E-state index contributed by atoms with van der Waals surface area (Å²) < 4.78 is 11.3. The number of hydrogen-bond acceptors (Lipinski definition) is 4. The Morgan fingerprint density at radius 2 is 1.46 bits per heavy atom. The number of nitrogens with one attached hydrogen (secondary N) is 2. The lowest BCUT2D eigenvalue weighted by Crippen LogP contribution is -2.40. The van der Waals surface area contributed by atoms with Crippen molar-refractivity contribution in [1.29, 1.82) is 0 Å². The van der Waals surface area contributed by atoms with Crippen LogP contribution in [0.4, 0.5) is 11.4 Å². The van der Waals surface area contributed by atoms with Crippen LogP contribution in [0.2, 0.25) is 0 Å². The van der Waals surface area contributed by atoms with Crippen molar-refractivity contribution in [3.63, 3.8) is 0 Å². The highest BCUT2D eigenvalue weighted by Crippen LogP contribution is 2.31. The molecule has 0 radical (unpaired) electrons. The van der Waals surface area contributed by atoms with Gasteiger partial charge in [-0.05, 0) is 42.5 Å². The molecule has 3 aromatic carbocycles. The van der Waals surface area contributed by atoms with E-state index < -0.39 is 6.10 Å². The number of rotatable bonds is 4. The zero-order valence-electron chi connectivity index (χ0n) is 14.9. The Labute approximate surface area is 162 Å². The second-order valence-corrected chi connectivity index (χ2v) is 6.25. The van der Waals surface area contributed by atoms with Gasteiger partial charge in [0, 0.05) is 16.9 Å². The molecule has 0 fully saturated rings. The molecule has 2 N–H and O–H groups in total. The molecule has 140 valence electrons. The van der Waals surface area contributed by atoms with Crippen LogP contribution >= 0.6 is 0 Å². The second kappa shape index (κ2) is 7.84. The van der Waals surface area contributed by atoms with Gasteiger partial charge in [0.1, 0.15) is 6.61 Å². The Balaban J connectivity index is 1.41. The maximum absolute atomic E-state index is 12.5. The van der Waals surface area contributed by atoms with Crippen molar-refractivity contribution in [2.24, 2.45) is 0 Å². The number of anilines is 2. The molecule has 2 amide bonds. The fraction of sp³-hybridized carbons (Fsp3) is 0.0909. The van der Waals surface area contributed by atoms with Gasteiger partial charge in [0.15, 0.2) is 11.5 Å². The zero-order chi connectivity index (χ0) is 19.3. The van der Waals surface area contributed by atoms with E-state index >= 15 is 0 Å². The van der Waals surface area contributed by atoms with Crippen molar-refractivity contribution in [2.45, 2.75) is 6.10 Å². The molecule has 0 aliphatic carbocycles. The molecule has 0 aromatic heterocycles. The van der Waals surface area contributed by atoms with Gasteiger partial charge in [-0.25, -0.2) is 0 Å². The topological polar surface area (TPSA) is 76.7 Å². The minimum absolute atomic E-state index is 0.132. The molecule has 1 heterocycles. The lowest BCUT2D eigenvalue weighted by Gasteiger charge is -2.25. The van der Waals surface area contributed by atoms with E-state index in [1.54, 1.807) is 60.7 Å². The van der Waals surface area contributed by atoms with Crippen molar-refractivity contribution in [1.82, 2.24) is 0 Å². The van der Waals surface area contributed by atoms with Crippen LogP contribution in [0, 0.1) is 0 Å². The first kappa shape index (κ1) is 17.6. The van der Waals surface area contributed by atoms with Gasteiger partial charge in [-0.3, -0.25) is 9.59 Å². The molecular formula is C22H18N2O4. The van der Waals surface area contributed by atoms with Crippen LogP contribution in [0.5, 0.6) is 11.5 Å². The third kappa shape index (κ3) is 3.96. The molecule has 1 aliphatic heterocycles. The van der Waals surface area contributed by atoms with Crippen molar-refractivity contribution < 1.29 is 19.1 Å². The van der Waals surface area contributed by atoms with Crippen molar-refractivity contribution >= 4 is 23.2 Å². The van der Waals surface area contributed by atoms with E-state index in [1.165, 1.54) is 0 Å². The van der Waals surface area contributed by atoms with E-state index in [2.05, 4.69) is 10.6 Å². The highest BCUT2D eigenvalue weighted by Gasteiger charge is 2.27. The summed E-state index contributed by atoms with van der Waals surface area (Å²) in [7, 11) is 0. The summed E-state index contributed by atoms with van der Waals surface area (Å²) in [5, 5.41) is 5.62. The van der Waals surface area contributed by atoms with Crippen LogP contribution in [0.3, 0.4) is 0 Å². The standard InChI is InChI=1S/C22H18N2O4/c25-21(15-7-2-1-3-8-15)23-16-9-6-10-17(13-16)24-22(26)20-14-27-18-11-4-5-12-19(18)28-20/h1-13,20H,14H2,(H,23,25)(H,24,26). The molecule has 28 heavy (non-hydrogen) atoms. The molecule has 0 spiro atoms. The van der Waals surface area contributed by atoms with E-state index in [0.29, 0.717) is 28.4 Å². The number of amides is 2. The van der Waals surface area contributed by atoms with Gasteiger partial charge in [-0.1, -0.05) is 36.4 Å². The highest BCUT2D eigenvalue weighted by molar-refractivity contribution is 6.04. The fourth-order valence-electron chi connectivity index (χ4n) is 2.84. The minimum Gasteiger partial charge on any atom is -0.485 e. The third-order valence-electron chi connectivity index (χ3n) is 4.22. The van der Waals surface area contributed by atoms with E-state index in [-0.39, 0.29) is 18.4 Å². The minimum atomic E-state index is -0.752. The predicted octanol–water partition coefficient (Wildman–Crippen LogP) is 3.72. The van der Waals surface area contributed by atoms with Crippen LogP contribution in [0.15, 0.2) is 78.9 Å². The normalized spacial score (nSPS) is 14.8. The van der Waals surface area contributed by atoms with E-state index in [9.17, 15) is 9.59 Å². The summed E-state index contributed by atoms with van der Waals surface area (Å²) in [6.07, 6.45) is -0.752. The summed E-state index contributed by atoms with van der Waals surface area (Å²) in [6.45, 7) is 0.132. The first-order valence-corrected chi connectivity index (χ1v) is 8.85. The number of carbonyl (C=O) groups excluding carboxylic acids is 2. The van der Waals surface area contributed by atoms with Crippen LogP contribution in [0.1, 0.15) is 10.4 Å². The Hall–Kier alpha value is -3.80. The maximum Gasteiger partial charge on any atom is 0.269 e. The van der Waals surface area contributed by atoms with Gasteiger partial charge in [-0.2, -0.15) is 0 Å². The van der Waals surface area contributed by atoms with E-state index in [0.717, 1.165) is 0 Å². The fourth-order valence-corrected chi connectivity index (χ4v) is 2.84. The van der Waals surface area contributed by atoms with Gasteiger partial charge in [0.25, 0.3) is 11.8 Å². The summed E-state index contributed by atoms with van der Waals surface area (Å²) in [6, 6.07) is 23.1. The Kier molecular flexibility index (Phi) is 4.93. The zero-order valence-corrected chi connectivity index (χ0v) is 14.9. The molecule has 6 nitrogen and oxygen atoms in total. The summed E-state index contributed by atoms with van der Waals surface area (Å²) in [5.74, 6) is 0.626. The first-order valence-electron chi connectivity index (χ1n) is 8.85. The smallest absolute Gasteiger partial charge is 0.269 e. The molecule has 0 saturated heterocycles. The van der Waals surface area contributed by atoms with Crippen molar-refractivity contribution in [3.8, 4) is 11.5 Å². The molecule has 0 bridgehead atoms. The van der Waals surface area contributed by atoms with E-state index in [4.69, 9.17) is 9.47 Å². The molecule has 1 aliphatic rings. The van der Waals surface area contributed by atoms with Crippen molar-refractivity contribution in [3.05, 3.63) is 84.4 Å². The van der Waals surface area contributed by atoms with Crippen LogP contribution in [0.25, 0.3) is 0 Å². The molecule has 6 heteroatoms. The molecule has 1 unspecified atom stereocenters. The summed E-state index contributed by atoms with van der Waals surface area (Å²) in [5.41, 5.74) is 1.69. The van der Waals surface area contributed by atoms with Gasteiger partial charge in [0.05, 0.1) is 0 Å². The van der Waals surface area contributed by atoms with Gasteiger partial charge in [0.2, 0.25) is 6.10 Å². The van der Waals surface area contributed by atoms with Gasteiger partial charge < -0.3 is 20.1 Å². The van der Waals surface area contributed by atoms with Gasteiger partial charge >= 0.3 is 0 Å². The number of para-hydroxylation sites is 2. The van der Waals surface area contributed by atoms with Crippen LogP contribution in [-0.2, 0) is 4.79 Å². The summed E-state index contributed by atoms with van der Waals surface area (Å²) >= 11 is 0. The Morgan fingerprint density at radius 3 is 2.25 bits per heavy atom. The average Bonchev–Trinajstić information content (AvgIpc) is 2.74. The lowest BCUT2D eigenvalue weighted by atomic mass is 10.2. The highest BCUT2D eigenvalue weighted by atomic mass is 16.6. The number of benzene rings is 3. The SMILES string of the molecule is O=C(Nc1cccc(NC(=O)C2COc3ccccc3O2)c1)c1ccccc1. The third-order valence-corrected chi connectivity index (χ3v) is 4.22. The van der Waals surface area contributed by atoms with Crippen LogP contribution < -0.4 is 20.1 Å². The first-order chi connectivity index (χ1) is 13.7. The Morgan fingerprint density at radius 1 is 0.786 bits per heavy atom. The van der Waals surface area contributed by atoms with Crippen LogP contribution in [-0.4, -0.2) is 24.5 Å². The van der Waals surface area contributed by atoms with Gasteiger partial charge in [-0.15, -0.1) is 0 Å². The predicted molar refractivity (Wildman–Crippen MR) is 106 cm³/mol. The second-order valence-electron chi connectivity index (χ2n) is 6.25. The Bertz CT molecular complexity index is 1000. The molecule has 3 aromatic rings. The molecule has 4 rings (SSSR count). The quantitative estimate of drug-likeness (QED) is 0.730. The number of fused-ring (bicyclic) bond motifs is 1. The monoisotopic (exact) mass is 374 g/mol. The number of carbonyl (C=O) groups is 2. The van der Waals surface area contributed by atoms with Crippen molar-refractivity contribution in [2.75, 3.05) is 17.2 Å². The number of hydrogen-bond donors (Lipinski definition) is 2. The molecular weight excluding hydrogens is 356 g/mol. The van der Waals surface area contributed by atoms with E-state index in [1.807, 2.05) is 18.2 Å².